The van der Waals surface area contributed by atoms with Crippen LogP contribution in [0.5, 0.6) is 11.5 Å². The number of carbonyl (C=O) groups is 1. The molecule has 0 saturated heterocycles. The number of aryl methyl sites for hydroxylation is 1. The molecule has 0 spiro atoms. The molecule has 1 heterocycles. The Labute approximate surface area is 115 Å². The van der Waals surface area contributed by atoms with Crippen LogP contribution in [-0.4, -0.2) is 5.91 Å². The van der Waals surface area contributed by atoms with E-state index in [1.165, 1.54) is 12.1 Å². The monoisotopic (exact) mass is 272 g/mol. The van der Waals surface area contributed by atoms with Crippen LogP contribution in [0.1, 0.15) is 12.0 Å². The van der Waals surface area contributed by atoms with Crippen molar-refractivity contribution in [1.29, 1.82) is 0 Å². The van der Waals surface area contributed by atoms with Crippen LogP contribution < -0.4 is 15.8 Å². The van der Waals surface area contributed by atoms with Crippen LogP contribution >= 0.6 is 0 Å². The second kappa shape index (κ2) is 4.85. The topological polar surface area (TPSA) is 64.3 Å². The molecular weight excluding hydrogens is 259 g/mol. The molecule has 1 aliphatic rings. The highest BCUT2D eigenvalue weighted by atomic mass is 19.1. The first-order chi connectivity index (χ1) is 9.63. The minimum absolute atomic E-state index is 0.0281. The third kappa shape index (κ3) is 2.30. The van der Waals surface area contributed by atoms with Crippen molar-refractivity contribution in [3.8, 4) is 11.5 Å². The lowest BCUT2D eigenvalue weighted by molar-refractivity contribution is -0.116. The minimum Gasteiger partial charge on any atom is -0.452 e. The third-order valence-corrected chi connectivity index (χ3v) is 3.19. The first kappa shape index (κ1) is 12.5. The van der Waals surface area contributed by atoms with Gasteiger partial charge in [-0.2, -0.15) is 0 Å². The SMILES string of the molecule is Nc1cc2c(cc1Oc1ccccc1F)CCC(=O)N2. The number of benzene rings is 2. The number of fused-ring (bicyclic) bond motifs is 1. The third-order valence-electron chi connectivity index (χ3n) is 3.19. The second-order valence-electron chi connectivity index (χ2n) is 4.63. The van der Waals surface area contributed by atoms with Crippen LogP contribution in [-0.2, 0) is 11.2 Å². The second-order valence-corrected chi connectivity index (χ2v) is 4.63. The number of nitrogens with one attached hydrogen (secondary N) is 1. The molecule has 5 heteroatoms. The molecule has 0 atom stereocenters. The standard InChI is InChI=1S/C15H13FN2O2/c16-10-3-1-2-4-13(10)20-14-7-9-5-6-15(19)18-12(9)8-11(14)17/h1-4,7-8H,5-6,17H2,(H,18,19). The normalized spacial score (nSPS) is 13.6. The molecule has 102 valence electrons. The molecule has 3 rings (SSSR count). The number of ether oxygens (including phenoxy) is 1. The largest absolute Gasteiger partial charge is 0.452 e. The molecule has 0 aliphatic carbocycles. The molecule has 0 saturated carbocycles. The summed E-state index contributed by atoms with van der Waals surface area (Å²) in [5.41, 5.74) is 7.87. The van der Waals surface area contributed by atoms with Crippen molar-refractivity contribution in [2.45, 2.75) is 12.8 Å². The summed E-state index contributed by atoms with van der Waals surface area (Å²) < 4.78 is 19.1. The Morgan fingerprint density at radius 3 is 2.75 bits per heavy atom. The van der Waals surface area contributed by atoms with E-state index in [2.05, 4.69) is 5.32 Å². The molecule has 20 heavy (non-hydrogen) atoms. The van der Waals surface area contributed by atoms with Crippen molar-refractivity contribution in [1.82, 2.24) is 0 Å². The number of rotatable bonds is 2. The summed E-state index contributed by atoms with van der Waals surface area (Å²) >= 11 is 0. The van der Waals surface area contributed by atoms with Gasteiger partial charge in [-0.3, -0.25) is 4.79 Å². The number of hydrogen-bond donors (Lipinski definition) is 2. The van der Waals surface area contributed by atoms with Crippen molar-refractivity contribution in [2.24, 2.45) is 0 Å². The van der Waals surface area contributed by atoms with E-state index in [0.29, 0.717) is 30.0 Å². The first-order valence-electron chi connectivity index (χ1n) is 6.28. The zero-order valence-electron chi connectivity index (χ0n) is 10.7. The maximum absolute atomic E-state index is 13.6. The van der Waals surface area contributed by atoms with E-state index >= 15 is 0 Å². The van der Waals surface area contributed by atoms with E-state index in [1.807, 2.05) is 0 Å². The van der Waals surface area contributed by atoms with Crippen molar-refractivity contribution in [3.63, 3.8) is 0 Å². The first-order valence-corrected chi connectivity index (χ1v) is 6.28. The van der Waals surface area contributed by atoms with Gasteiger partial charge in [-0.25, -0.2) is 4.39 Å². The van der Waals surface area contributed by atoms with Crippen LogP contribution in [0.15, 0.2) is 36.4 Å². The van der Waals surface area contributed by atoms with E-state index in [9.17, 15) is 9.18 Å². The number of amides is 1. The fraction of sp³-hybridized carbons (Fsp3) is 0.133. The van der Waals surface area contributed by atoms with Crippen LogP contribution in [0.4, 0.5) is 15.8 Å². The number of hydrogen-bond acceptors (Lipinski definition) is 3. The van der Waals surface area contributed by atoms with E-state index in [4.69, 9.17) is 10.5 Å². The van der Waals surface area contributed by atoms with Gasteiger partial charge in [0.05, 0.1) is 5.69 Å². The molecule has 2 aromatic rings. The van der Waals surface area contributed by atoms with Gasteiger partial charge < -0.3 is 15.8 Å². The molecule has 0 aromatic heterocycles. The zero-order valence-corrected chi connectivity index (χ0v) is 10.7. The van der Waals surface area contributed by atoms with Crippen molar-refractivity contribution in [3.05, 3.63) is 47.8 Å². The highest BCUT2D eigenvalue weighted by Crippen LogP contribution is 2.35. The van der Waals surface area contributed by atoms with Gasteiger partial charge in [0, 0.05) is 12.1 Å². The predicted octanol–water partition coefficient (Wildman–Crippen LogP) is 3.08. The van der Waals surface area contributed by atoms with Gasteiger partial charge in [-0.1, -0.05) is 12.1 Å². The summed E-state index contributed by atoms with van der Waals surface area (Å²) in [6.45, 7) is 0. The van der Waals surface area contributed by atoms with Gasteiger partial charge in [0.2, 0.25) is 5.91 Å². The quantitative estimate of drug-likeness (QED) is 0.826. The maximum atomic E-state index is 13.6. The Hall–Kier alpha value is -2.56. The summed E-state index contributed by atoms with van der Waals surface area (Å²) in [6.07, 6.45) is 1.05. The van der Waals surface area contributed by atoms with Gasteiger partial charge >= 0.3 is 0 Å². The van der Waals surface area contributed by atoms with Crippen LogP contribution in [0.2, 0.25) is 0 Å². The fourth-order valence-electron chi connectivity index (χ4n) is 2.16. The summed E-state index contributed by atoms with van der Waals surface area (Å²) in [5, 5.41) is 2.75. The Balaban J connectivity index is 1.95. The number of para-hydroxylation sites is 1. The number of nitrogens with two attached hydrogens (primary N) is 1. The fourth-order valence-corrected chi connectivity index (χ4v) is 2.16. The average molecular weight is 272 g/mol. The van der Waals surface area contributed by atoms with Gasteiger partial charge in [-0.05, 0) is 36.2 Å². The number of nitrogen functional groups attached to an aromatic ring is 1. The Morgan fingerprint density at radius 1 is 1.15 bits per heavy atom. The number of anilines is 2. The summed E-state index contributed by atoms with van der Waals surface area (Å²) in [7, 11) is 0. The van der Waals surface area contributed by atoms with Gasteiger partial charge in [0.15, 0.2) is 17.3 Å². The van der Waals surface area contributed by atoms with Crippen molar-refractivity contribution >= 4 is 17.3 Å². The summed E-state index contributed by atoms with van der Waals surface area (Å²) in [6, 6.07) is 9.53. The summed E-state index contributed by atoms with van der Waals surface area (Å²) in [4.78, 5) is 11.3. The summed E-state index contributed by atoms with van der Waals surface area (Å²) in [5.74, 6) is 0.0431. The maximum Gasteiger partial charge on any atom is 0.224 e. The highest BCUT2D eigenvalue weighted by molar-refractivity contribution is 5.94. The van der Waals surface area contributed by atoms with Crippen LogP contribution in [0.3, 0.4) is 0 Å². The van der Waals surface area contributed by atoms with Crippen molar-refractivity contribution < 1.29 is 13.9 Å². The van der Waals surface area contributed by atoms with Crippen LogP contribution in [0.25, 0.3) is 0 Å². The molecule has 0 fully saturated rings. The predicted molar refractivity (Wildman–Crippen MR) is 74.3 cm³/mol. The molecular formula is C15H13FN2O2. The van der Waals surface area contributed by atoms with E-state index in [0.717, 1.165) is 5.56 Å². The number of halogens is 1. The molecule has 0 unspecified atom stereocenters. The van der Waals surface area contributed by atoms with Crippen molar-refractivity contribution in [2.75, 3.05) is 11.1 Å². The Kier molecular flexibility index (Phi) is 3.02. The lowest BCUT2D eigenvalue weighted by atomic mass is 10.0. The lowest BCUT2D eigenvalue weighted by Gasteiger charge is -2.19. The minimum atomic E-state index is -0.446. The Morgan fingerprint density at radius 2 is 1.95 bits per heavy atom. The van der Waals surface area contributed by atoms with Gasteiger partial charge in [0.1, 0.15) is 0 Å². The van der Waals surface area contributed by atoms with E-state index in [-0.39, 0.29) is 11.7 Å². The highest BCUT2D eigenvalue weighted by Gasteiger charge is 2.18. The zero-order chi connectivity index (χ0) is 14.1. The smallest absolute Gasteiger partial charge is 0.224 e. The Bertz CT molecular complexity index is 686. The molecule has 2 aromatic carbocycles. The van der Waals surface area contributed by atoms with Crippen LogP contribution in [0, 0.1) is 5.82 Å². The van der Waals surface area contributed by atoms with E-state index in [1.54, 1.807) is 24.3 Å². The average Bonchev–Trinajstić information content (AvgIpc) is 2.42. The molecule has 3 N–H and O–H groups in total. The molecule has 0 radical (unpaired) electrons. The molecule has 0 bridgehead atoms. The molecule has 1 aliphatic heterocycles. The van der Waals surface area contributed by atoms with Gasteiger partial charge in [-0.15, -0.1) is 0 Å². The van der Waals surface area contributed by atoms with Gasteiger partial charge in [0.25, 0.3) is 0 Å². The van der Waals surface area contributed by atoms with E-state index < -0.39 is 5.82 Å². The molecule has 4 nitrogen and oxygen atoms in total. The number of carbonyl (C=O) groups excluding carboxylic acids is 1. The molecule has 1 amide bonds. The lowest BCUT2D eigenvalue weighted by Crippen LogP contribution is -2.19.